The van der Waals surface area contributed by atoms with Crippen LogP contribution in [0.1, 0.15) is 41.6 Å². The summed E-state index contributed by atoms with van der Waals surface area (Å²) in [4.78, 5) is 47.7. The van der Waals surface area contributed by atoms with Gasteiger partial charge in [-0.15, -0.1) is 0 Å². The Morgan fingerprint density at radius 2 is 1.40 bits per heavy atom. The lowest BCUT2D eigenvalue weighted by molar-refractivity contribution is -0.141. The van der Waals surface area contributed by atoms with E-state index in [2.05, 4.69) is 29.2 Å². The van der Waals surface area contributed by atoms with Crippen molar-refractivity contribution >= 4 is 23.4 Å². The van der Waals surface area contributed by atoms with E-state index in [9.17, 15) is 23.2 Å². The van der Waals surface area contributed by atoms with E-state index in [0.29, 0.717) is 31.8 Å². The molecule has 9 heteroatoms. The number of carbonyl (C=O) groups is 3. The molecular formula is C34H36F2N4O3. The van der Waals surface area contributed by atoms with E-state index >= 15 is 0 Å². The number of hydrogen-bond donors (Lipinski definition) is 0. The first kappa shape index (κ1) is 28.8. The van der Waals surface area contributed by atoms with E-state index in [1.807, 2.05) is 41.3 Å². The van der Waals surface area contributed by atoms with Crippen LogP contribution >= 0.6 is 0 Å². The van der Waals surface area contributed by atoms with Gasteiger partial charge in [-0.1, -0.05) is 48.5 Å². The van der Waals surface area contributed by atoms with Gasteiger partial charge in [0.2, 0.25) is 5.91 Å². The van der Waals surface area contributed by atoms with Gasteiger partial charge in [-0.25, -0.2) is 8.78 Å². The molecule has 0 aromatic heterocycles. The molecule has 224 valence electrons. The molecule has 3 aliphatic heterocycles. The van der Waals surface area contributed by atoms with Gasteiger partial charge in [0.05, 0.1) is 6.67 Å². The van der Waals surface area contributed by atoms with Crippen LogP contribution in [0.2, 0.25) is 0 Å². The van der Waals surface area contributed by atoms with Gasteiger partial charge in [0.15, 0.2) is 0 Å². The molecular weight excluding hydrogens is 550 g/mol. The van der Waals surface area contributed by atoms with Crippen LogP contribution in [-0.4, -0.2) is 77.4 Å². The van der Waals surface area contributed by atoms with Gasteiger partial charge >= 0.3 is 0 Å². The Balaban J connectivity index is 1.12. The fourth-order valence-corrected chi connectivity index (χ4v) is 6.86. The molecule has 3 aliphatic rings. The maximum atomic E-state index is 14.1. The van der Waals surface area contributed by atoms with Crippen molar-refractivity contribution in [2.24, 2.45) is 5.92 Å². The Labute approximate surface area is 250 Å². The lowest BCUT2D eigenvalue weighted by Crippen LogP contribution is -2.57. The van der Waals surface area contributed by atoms with Crippen molar-refractivity contribution in [2.75, 3.05) is 44.3 Å². The Morgan fingerprint density at radius 1 is 0.791 bits per heavy atom. The smallest absolute Gasteiger partial charge is 0.254 e. The van der Waals surface area contributed by atoms with Gasteiger partial charge in [-0.05, 0) is 67.9 Å². The third-order valence-corrected chi connectivity index (χ3v) is 9.23. The fraction of sp³-hybridized carbons (Fsp3) is 0.382. The number of likely N-dealkylation sites (tertiary alicyclic amines) is 2. The molecule has 6 rings (SSSR count). The van der Waals surface area contributed by atoms with Crippen LogP contribution in [0.5, 0.6) is 0 Å². The van der Waals surface area contributed by atoms with Crippen molar-refractivity contribution in [2.45, 2.75) is 37.6 Å². The third-order valence-electron chi connectivity index (χ3n) is 9.23. The maximum Gasteiger partial charge on any atom is 0.254 e. The fourth-order valence-electron chi connectivity index (χ4n) is 6.86. The van der Waals surface area contributed by atoms with E-state index in [1.54, 1.807) is 9.80 Å². The van der Waals surface area contributed by atoms with Crippen molar-refractivity contribution < 1.29 is 23.2 Å². The van der Waals surface area contributed by atoms with Crippen LogP contribution < -0.4 is 4.90 Å². The summed E-state index contributed by atoms with van der Waals surface area (Å²) in [6, 6.07) is 22.9. The monoisotopic (exact) mass is 586 g/mol. The zero-order chi connectivity index (χ0) is 30.0. The van der Waals surface area contributed by atoms with E-state index < -0.39 is 23.1 Å². The van der Waals surface area contributed by atoms with Crippen LogP contribution in [0.15, 0.2) is 78.9 Å². The lowest BCUT2D eigenvalue weighted by Gasteiger charge is -2.43. The number of rotatable bonds is 6. The molecule has 3 saturated heterocycles. The molecule has 3 amide bonds. The number of anilines is 1. The minimum Gasteiger partial charge on any atom is -0.341 e. The molecule has 0 atom stereocenters. The number of hydrogen-bond acceptors (Lipinski definition) is 4. The van der Waals surface area contributed by atoms with E-state index in [-0.39, 0.29) is 43.7 Å². The summed E-state index contributed by atoms with van der Waals surface area (Å²) in [5, 5.41) is 0. The van der Waals surface area contributed by atoms with Crippen LogP contribution in [0, 0.1) is 17.6 Å². The topological polar surface area (TPSA) is 64.2 Å². The molecule has 0 radical (unpaired) electrons. The van der Waals surface area contributed by atoms with Crippen LogP contribution in [-0.2, 0) is 16.0 Å². The summed E-state index contributed by atoms with van der Waals surface area (Å²) in [7, 11) is 0. The van der Waals surface area contributed by atoms with Crippen LogP contribution in [0.25, 0.3) is 0 Å². The first-order valence-corrected chi connectivity index (χ1v) is 15.0. The Bertz CT molecular complexity index is 1450. The summed E-state index contributed by atoms with van der Waals surface area (Å²) in [5.41, 5.74) is 1.23. The predicted molar refractivity (Wildman–Crippen MR) is 159 cm³/mol. The SMILES string of the molecule is O=C(CN1CN(c2ccccc2)C2(CCN(C(=O)c3cc(F)cc(F)c3)CC2)C1=O)N1CCC(Cc2ccccc2)CC1. The Morgan fingerprint density at radius 3 is 2.02 bits per heavy atom. The molecule has 3 aromatic rings. The van der Waals surface area contributed by atoms with Gasteiger partial charge in [0.25, 0.3) is 11.8 Å². The molecule has 43 heavy (non-hydrogen) atoms. The second kappa shape index (κ2) is 12.1. The first-order chi connectivity index (χ1) is 20.8. The van der Waals surface area contributed by atoms with Crippen LogP contribution in [0.3, 0.4) is 0 Å². The average molecular weight is 587 g/mol. The number of carbonyl (C=O) groups excluding carboxylic acids is 3. The highest BCUT2D eigenvalue weighted by Crippen LogP contribution is 2.40. The van der Waals surface area contributed by atoms with Gasteiger partial charge in [-0.3, -0.25) is 14.4 Å². The molecule has 3 aromatic carbocycles. The summed E-state index contributed by atoms with van der Waals surface area (Å²) in [6.45, 7) is 2.17. The van der Waals surface area contributed by atoms with Crippen LogP contribution in [0.4, 0.5) is 14.5 Å². The first-order valence-electron chi connectivity index (χ1n) is 15.0. The Kier molecular flexibility index (Phi) is 8.15. The highest BCUT2D eigenvalue weighted by Gasteiger charge is 2.54. The molecule has 1 spiro atoms. The van der Waals surface area contributed by atoms with E-state index in [4.69, 9.17) is 0 Å². The predicted octanol–water partition coefficient (Wildman–Crippen LogP) is 4.73. The van der Waals surface area contributed by atoms with Gasteiger partial charge in [0, 0.05) is 43.5 Å². The average Bonchev–Trinajstić information content (AvgIpc) is 3.28. The maximum absolute atomic E-state index is 14.1. The van der Waals surface area contributed by atoms with Crippen molar-refractivity contribution in [3.05, 3.63) is 102 Å². The van der Waals surface area contributed by atoms with Gasteiger partial charge in [-0.2, -0.15) is 0 Å². The number of nitrogens with zero attached hydrogens (tertiary/aromatic N) is 4. The largest absolute Gasteiger partial charge is 0.341 e. The van der Waals surface area contributed by atoms with Crippen molar-refractivity contribution in [1.29, 1.82) is 0 Å². The van der Waals surface area contributed by atoms with Gasteiger partial charge in [0.1, 0.15) is 23.7 Å². The zero-order valence-electron chi connectivity index (χ0n) is 24.1. The normalized spacial score (nSPS) is 18.9. The second-order valence-electron chi connectivity index (χ2n) is 11.9. The van der Waals surface area contributed by atoms with Crippen molar-refractivity contribution in [3.8, 4) is 0 Å². The van der Waals surface area contributed by atoms with Gasteiger partial charge < -0.3 is 19.6 Å². The molecule has 0 saturated carbocycles. The van der Waals surface area contributed by atoms with Crippen molar-refractivity contribution in [3.63, 3.8) is 0 Å². The van der Waals surface area contributed by atoms with E-state index in [0.717, 1.165) is 43.1 Å². The highest BCUT2D eigenvalue weighted by atomic mass is 19.1. The number of para-hydroxylation sites is 1. The second-order valence-corrected chi connectivity index (χ2v) is 11.9. The van der Waals surface area contributed by atoms with E-state index in [1.165, 1.54) is 5.56 Å². The highest BCUT2D eigenvalue weighted by molar-refractivity contribution is 5.97. The molecule has 0 unspecified atom stereocenters. The lowest BCUT2D eigenvalue weighted by atomic mass is 9.85. The zero-order valence-corrected chi connectivity index (χ0v) is 24.1. The number of benzene rings is 3. The number of amides is 3. The molecule has 0 bridgehead atoms. The Hall–Kier alpha value is -4.27. The summed E-state index contributed by atoms with van der Waals surface area (Å²) in [6.07, 6.45) is 3.58. The summed E-state index contributed by atoms with van der Waals surface area (Å²) >= 11 is 0. The molecule has 3 fully saturated rings. The standard InChI is InChI=1S/C34H36F2N4O3/c35-28-20-27(21-29(36)22-28)32(42)38-17-13-34(14-18-38)33(43)39(24-40(34)30-9-5-2-6-10-30)23-31(41)37-15-11-26(12-16-37)19-25-7-3-1-4-8-25/h1-10,20-22,26H,11-19,23-24H2. The minimum absolute atomic E-state index is 0.0124. The molecule has 0 N–H and O–H groups in total. The quantitative estimate of drug-likeness (QED) is 0.419. The molecule has 3 heterocycles. The molecule has 0 aliphatic carbocycles. The van der Waals surface area contributed by atoms with Crippen molar-refractivity contribution in [1.82, 2.24) is 14.7 Å². The number of piperidine rings is 2. The number of halogens is 2. The summed E-state index contributed by atoms with van der Waals surface area (Å²) in [5.74, 6) is -1.71. The molecule has 7 nitrogen and oxygen atoms in total. The minimum atomic E-state index is -0.908. The third kappa shape index (κ3) is 5.98. The summed E-state index contributed by atoms with van der Waals surface area (Å²) < 4.78 is 27.6.